The first-order chi connectivity index (χ1) is 10.1. The largest absolute Gasteiger partial charge is 0.354 e. The van der Waals surface area contributed by atoms with E-state index in [0.717, 1.165) is 18.9 Å². The van der Waals surface area contributed by atoms with E-state index in [4.69, 9.17) is 0 Å². The maximum absolute atomic E-state index is 4.37. The van der Waals surface area contributed by atoms with Crippen LogP contribution in [-0.4, -0.2) is 50.4 Å². The van der Waals surface area contributed by atoms with Gasteiger partial charge < -0.3 is 20.1 Å². The Morgan fingerprint density at radius 1 is 1.10 bits per heavy atom. The van der Waals surface area contributed by atoms with Crippen LogP contribution >= 0.6 is 0 Å². The summed E-state index contributed by atoms with van der Waals surface area (Å²) in [4.78, 5) is 14.9. The van der Waals surface area contributed by atoms with Gasteiger partial charge in [-0.2, -0.15) is 15.0 Å². The molecule has 2 aromatic rings. The van der Waals surface area contributed by atoms with Gasteiger partial charge in [-0.1, -0.05) is 0 Å². The lowest BCUT2D eigenvalue weighted by Gasteiger charge is -2.13. The van der Waals surface area contributed by atoms with Crippen LogP contribution in [-0.2, 0) is 13.1 Å². The molecule has 0 fully saturated rings. The number of rotatable bonds is 7. The molecular formula is C12H21N9. The number of aryl methyl sites for hydroxylation is 1. The second kappa shape index (κ2) is 6.82. The Hall–Kier alpha value is -2.45. The zero-order chi connectivity index (χ0) is 15.2. The van der Waals surface area contributed by atoms with E-state index in [0.29, 0.717) is 24.4 Å². The average Bonchev–Trinajstić information content (AvgIpc) is 2.92. The van der Waals surface area contributed by atoms with Gasteiger partial charge in [0.2, 0.25) is 17.8 Å². The van der Waals surface area contributed by atoms with E-state index in [9.17, 15) is 0 Å². The standard InChI is InChI=1S/C12H21N9/c1-5-13-10-16-11(18-12(17-10)20(3)4)14-7-9-19-15-8-21(9)6-2/h8H,5-7H2,1-4H3,(H2,13,14,16,17,18). The molecule has 0 bridgehead atoms. The minimum atomic E-state index is 0.510. The Morgan fingerprint density at radius 2 is 1.81 bits per heavy atom. The second-order valence-electron chi connectivity index (χ2n) is 4.59. The van der Waals surface area contributed by atoms with Gasteiger partial charge in [0.25, 0.3) is 0 Å². The maximum Gasteiger partial charge on any atom is 0.231 e. The first-order valence-electron chi connectivity index (χ1n) is 6.91. The number of anilines is 3. The fourth-order valence-corrected chi connectivity index (χ4v) is 1.72. The molecule has 2 heterocycles. The van der Waals surface area contributed by atoms with Crippen LogP contribution in [0.25, 0.3) is 0 Å². The predicted octanol–water partition coefficient (Wildman–Crippen LogP) is 0.593. The molecule has 2 aromatic heterocycles. The number of hydrogen-bond acceptors (Lipinski definition) is 8. The van der Waals surface area contributed by atoms with Gasteiger partial charge in [0.1, 0.15) is 6.33 Å². The molecule has 0 saturated heterocycles. The van der Waals surface area contributed by atoms with Crippen molar-refractivity contribution in [2.45, 2.75) is 26.9 Å². The Labute approximate surface area is 123 Å². The molecule has 0 aliphatic carbocycles. The highest BCUT2D eigenvalue weighted by Gasteiger charge is 2.09. The van der Waals surface area contributed by atoms with Gasteiger partial charge in [-0.15, -0.1) is 10.2 Å². The summed E-state index contributed by atoms with van der Waals surface area (Å²) < 4.78 is 1.96. The van der Waals surface area contributed by atoms with Gasteiger partial charge >= 0.3 is 0 Å². The van der Waals surface area contributed by atoms with Crippen molar-refractivity contribution in [3.63, 3.8) is 0 Å². The van der Waals surface area contributed by atoms with Crippen molar-refractivity contribution in [3.05, 3.63) is 12.2 Å². The molecule has 114 valence electrons. The van der Waals surface area contributed by atoms with Gasteiger partial charge in [-0.05, 0) is 13.8 Å². The highest BCUT2D eigenvalue weighted by molar-refractivity contribution is 5.42. The fourth-order valence-electron chi connectivity index (χ4n) is 1.72. The molecule has 0 unspecified atom stereocenters. The van der Waals surface area contributed by atoms with E-state index in [-0.39, 0.29) is 0 Å². The van der Waals surface area contributed by atoms with E-state index in [2.05, 4.69) is 35.8 Å². The summed E-state index contributed by atoms with van der Waals surface area (Å²) in [7, 11) is 3.78. The number of nitrogens with zero attached hydrogens (tertiary/aromatic N) is 7. The zero-order valence-corrected chi connectivity index (χ0v) is 12.8. The molecule has 2 N–H and O–H groups in total. The minimum absolute atomic E-state index is 0.510. The van der Waals surface area contributed by atoms with Crippen LogP contribution in [0.5, 0.6) is 0 Å². The molecule has 0 aromatic carbocycles. The summed E-state index contributed by atoms with van der Waals surface area (Å²) in [6, 6.07) is 0. The van der Waals surface area contributed by atoms with Crippen LogP contribution in [0.1, 0.15) is 19.7 Å². The van der Waals surface area contributed by atoms with Crippen LogP contribution < -0.4 is 15.5 Å². The van der Waals surface area contributed by atoms with Gasteiger partial charge in [0.15, 0.2) is 5.82 Å². The van der Waals surface area contributed by atoms with Gasteiger partial charge in [-0.3, -0.25) is 0 Å². The molecule has 0 spiro atoms. The molecule has 0 aliphatic rings. The number of aromatic nitrogens is 6. The minimum Gasteiger partial charge on any atom is -0.354 e. The monoisotopic (exact) mass is 291 g/mol. The Balaban J connectivity index is 2.15. The van der Waals surface area contributed by atoms with Gasteiger partial charge in [0.05, 0.1) is 6.54 Å². The highest BCUT2D eigenvalue weighted by atomic mass is 15.3. The van der Waals surface area contributed by atoms with Crippen molar-refractivity contribution in [3.8, 4) is 0 Å². The van der Waals surface area contributed by atoms with Crippen molar-refractivity contribution < 1.29 is 0 Å². The van der Waals surface area contributed by atoms with E-state index < -0.39 is 0 Å². The first-order valence-corrected chi connectivity index (χ1v) is 6.91. The van der Waals surface area contributed by atoms with Crippen LogP contribution in [0.15, 0.2) is 6.33 Å². The summed E-state index contributed by atoms with van der Waals surface area (Å²) in [5.41, 5.74) is 0. The smallest absolute Gasteiger partial charge is 0.231 e. The normalized spacial score (nSPS) is 10.5. The Bertz CT molecular complexity index is 578. The molecule has 0 atom stereocenters. The molecular weight excluding hydrogens is 270 g/mol. The topological polar surface area (TPSA) is 96.7 Å². The molecule has 2 rings (SSSR count). The third-order valence-corrected chi connectivity index (χ3v) is 2.80. The maximum atomic E-state index is 4.37. The fraction of sp³-hybridized carbons (Fsp3) is 0.583. The number of nitrogens with one attached hydrogen (secondary N) is 2. The zero-order valence-electron chi connectivity index (χ0n) is 12.8. The molecule has 0 amide bonds. The second-order valence-corrected chi connectivity index (χ2v) is 4.59. The van der Waals surface area contributed by atoms with Crippen LogP contribution in [0.4, 0.5) is 17.8 Å². The molecule has 0 saturated carbocycles. The lowest BCUT2D eigenvalue weighted by Crippen LogP contribution is -2.17. The lowest BCUT2D eigenvalue weighted by molar-refractivity contribution is 0.706. The summed E-state index contributed by atoms with van der Waals surface area (Å²) in [5, 5.41) is 14.2. The lowest BCUT2D eigenvalue weighted by atomic mass is 10.5. The Kier molecular flexibility index (Phi) is 4.85. The highest BCUT2D eigenvalue weighted by Crippen LogP contribution is 2.12. The van der Waals surface area contributed by atoms with Crippen molar-refractivity contribution in [1.82, 2.24) is 29.7 Å². The van der Waals surface area contributed by atoms with Crippen LogP contribution in [0, 0.1) is 0 Å². The van der Waals surface area contributed by atoms with Crippen LogP contribution in [0.3, 0.4) is 0 Å². The first kappa shape index (κ1) is 14.9. The molecule has 9 nitrogen and oxygen atoms in total. The third kappa shape index (κ3) is 3.77. The number of hydrogen-bond donors (Lipinski definition) is 2. The van der Waals surface area contributed by atoms with Crippen LogP contribution in [0.2, 0.25) is 0 Å². The Morgan fingerprint density at radius 3 is 2.43 bits per heavy atom. The summed E-state index contributed by atoms with van der Waals surface area (Å²) >= 11 is 0. The van der Waals surface area contributed by atoms with Crippen molar-refractivity contribution in [1.29, 1.82) is 0 Å². The molecule has 9 heteroatoms. The van der Waals surface area contributed by atoms with Crippen molar-refractivity contribution >= 4 is 17.8 Å². The SMILES string of the molecule is CCNc1nc(NCc2nncn2CC)nc(N(C)C)n1. The van der Waals surface area contributed by atoms with Crippen molar-refractivity contribution in [2.75, 3.05) is 36.2 Å². The van der Waals surface area contributed by atoms with E-state index in [1.54, 1.807) is 6.33 Å². The van der Waals surface area contributed by atoms with E-state index >= 15 is 0 Å². The van der Waals surface area contributed by atoms with Gasteiger partial charge in [-0.25, -0.2) is 0 Å². The third-order valence-electron chi connectivity index (χ3n) is 2.80. The van der Waals surface area contributed by atoms with Gasteiger partial charge in [0, 0.05) is 27.2 Å². The predicted molar refractivity (Wildman–Crippen MR) is 81.3 cm³/mol. The van der Waals surface area contributed by atoms with E-state index in [1.165, 1.54) is 0 Å². The molecule has 0 radical (unpaired) electrons. The average molecular weight is 291 g/mol. The molecule has 21 heavy (non-hydrogen) atoms. The summed E-state index contributed by atoms with van der Waals surface area (Å²) in [6.45, 7) is 6.13. The van der Waals surface area contributed by atoms with E-state index in [1.807, 2.05) is 37.4 Å². The summed E-state index contributed by atoms with van der Waals surface area (Å²) in [5.74, 6) is 2.50. The molecule has 0 aliphatic heterocycles. The van der Waals surface area contributed by atoms with Crippen molar-refractivity contribution in [2.24, 2.45) is 0 Å². The summed E-state index contributed by atoms with van der Waals surface area (Å²) in [6.07, 6.45) is 1.71. The quantitative estimate of drug-likeness (QED) is 0.765.